The summed E-state index contributed by atoms with van der Waals surface area (Å²) in [5.41, 5.74) is -3.22. The van der Waals surface area contributed by atoms with Crippen molar-refractivity contribution in [1.82, 2.24) is 0 Å². The average molecular weight is 502 g/mol. The number of alkyl halides is 12. The first-order valence-electron chi connectivity index (χ1n) is 8.27. The van der Waals surface area contributed by atoms with E-state index < -0.39 is 58.5 Å². The van der Waals surface area contributed by atoms with E-state index in [4.69, 9.17) is 14.9 Å². The zero-order valence-electron chi connectivity index (χ0n) is 15.5. The number of hydrogen-bond acceptors (Lipinski definition) is 3. The Bertz CT molecular complexity index is 882. The fraction of sp³-hybridized carbons (Fsp3) is 0.333. The summed E-state index contributed by atoms with van der Waals surface area (Å²) in [5, 5.41) is 17.2. The Morgan fingerprint density at radius 3 is 0.909 bits per heavy atom. The van der Waals surface area contributed by atoms with Crippen LogP contribution in [0.3, 0.4) is 0 Å². The van der Waals surface area contributed by atoms with Gasteiger partial charge in [0.15, 0.2) is 0 Å². The van der Waals surface area contributed by atoms with Gasteiger partial charge >= 0.3 is 35.9 Å². The number of rotatable bonds is 6. The SMILES string of the molecule is OC(F)(C(F)(F)F)C(F)(F)c1ccc(Oc2ccc(C(F)(F)C(O)(F)C(F)(F)F)cc2)cc1. The van der Waals surface area contributed by atoms with E-state index in [0.29, 0.717) is 24.3 Å². The van der Waals surface area contributed by atoms with Gasteiger partial charge in [-0.2, -0.15) is 52.7 Å². The molecule has 15 heteroatoms. The van der Waals surface area contributed by atoms with Gasteiger partial charge in [0.2, 0.25) is 0 Å². The second kappa shape index (κ2) is 7.97. The Morgan fingerprint density at radius 2 is 0.697 bits per heavy atom. The van der Waals surface area contributed by atoms with Gasteiger partial charge in [-0.1, -0.05) is 0 Å². The maximum absolute atomic E-state index is 13.7. The Hall–Kier alpha value is -2.68. The van der Waals surface area contributed by atoms with Crippen LogP contribution < -0.4 is 4.74 Å². The maximum atomic E-state index is 13.7. The minimum atomic E-state index is -6.34. The number of halogens is 12. The highest BCUT2D eigenvalue weighted by Gasteiger charge is 2.72. The molecule has 0 radical (unpaired) electrons. The fourth-order valence-corrected chi connectivity index (χ4v) is 2.34. The van der Waals surface area contributed by atoms with Gasteiger partial charge < -0.3 is 14.9 Å². The average Bonchev–Trinajstić information content (AvgIpc) is 2.67. The van der Waals surface area contributed by atoms with Crippen LogP contribution in [0.4, 0.5) is 52.7 Å². The van der Waals surface area contributed by atoms with Crippen molar-refractivity contribution in [3.8, 4) is 11.5 Å². The van der Waals surface area contributed by atoms with Gasteiger partial charge in [-0.15, -0.1) is 0 Å². The van der Waals surface area contributed by atoms with E-state index in [9.17, 15) is 52.7 Å². The van der Waals surface area contributed by atoms with Crippen molar-refractivity contribution in [3.05, 3.63) is 59.7 Å². The third kappa shape index (κ3) is 4.55. The Labute approximate surface area is 175 Å². The van der Waals surface area contributed by atoms with Crippen LogP contribution in [-0.2, 0) is 11.8 Å². The Morgan fingerprint density at radius 1 is 0.455 bits per heavy atom. The highest BCUT2D eigenvalue weighted by Crippen LogP contribution is 2.50. The van der Waals surface area contributed by atoms with E-state index in [2.05, 4.69) is 0 Å². The van der Waals surface area contributed by atoms with Gasteiger partial charge in [0.1, 0.15) is 11.5 Å². The first-order chi connectivity index (χ1) is 14.7. The van der Waals surface area contributed by atoms with Crippen molar-refractivity contribution < 1.29 is 67.6 Å². The van der Waals surface area contributed by atoms with Crippen LogP contribution in [0, 0.1) is 0 Å². The second-order valence-corrected chi connectivity index (χ2v) is 6.54. The molecule has 184 valence electrons. The largest absolute Gasteiger partial charge is 0.457 e. The number of hydrogen-bond donors (Lipinski definition) is 2. The minimum Gasteiger partial charge on any atom is -0.457 e. The summed E-state index contributed by atoms with van der Waals surface area (Å²) in [6.07, 6.45) is -12.7. The molecule has 2 aromatic carbocycles. The third-order valence-corrected chi connectivity index (χ3v) is 4.25. The van der Waals surface area contributed by atoms with Gasteiger partial charge in [-0.3, -0.25) is 0 Å². The Balaban J connectivity index is 2.24. The molecule has 0 amide bonds. The zero-order valence-corrected chi connectivity index (χ0v) is 15.5. The van der Waals surface area contributed by atoms with Gasteiger partial charge in [-0.05, 0) is 48.5 Å². The summed E-state index contributed by atoms with van der Waals surface area (Å²) >= 11 is 0. The lowest BCUT2D eigenvalue weighted by molar-refractivity contribution is -0.390. The predicted octanol–water partition coefficient (Wildman–Crippen LogP) is 6.10. The molecule has 2 N–H and O–H groups in total. The molecule has 0 aliphatic heterocycles. The lowest BCUT2D eigenvalue weighted by Crippen LogP contribution is -2.53. The van der Waals surface area contributed by atoms with Crippen LogP contribution in [-0.4, -0.2) is 34.3 Å². The van der Waals surface area contributed by atoms with E-state index in [1.807, 2.05) is 0 Å². The smallest absolute Gasteiger partial charge is 0.455 e. The first-order valence-corrected chi connectivity index (χ1v) is 8.27. The molecule has 2 rings (SSSR count). The van der Waals surface area contributed by atoms with E-state index in [-0.39, 0.29) is 24.3 Å². The van der Waals surface area contributed by atoms with E-state index >= 15 is 0 Å². The Kier molecular flexibility index (Phi) is 6.42. The zero-order chi connectivity index (χ0) is 25.7. The third-order valence-electron chi connectivity index (χ3n) is 4.25. The standard InChI is InChI=1S/C18H10F12O3/c19-13(20,15(23,31)17(25,26)27)9-1-5-11(6-2-9)33-12-7-3-10(4-8-12)14(21,22)16(24,32)18(28,29)30/h1-8,31-32H. The summed E-state index contributed by atoms with van der Waals surface area (Å²) in [6, 6.07) is 3.34. The van der Waals surface area contributed by atoms with Crippen molar-refractivity contribution in [2.45, 2.75) is 35.9 Å². The molecule has 2 aromatic rings. The van der Waals surface area contributed by atoms with Crippen molar-refractivity contribution in [2.75, 3.05) is 0 Å². The van der Waals surface area contributed by atoms with Crippen molar-refractivity contribution in [1.29, 1.82) is 0 Å². The summed E-state index contributed by atoms with van der Waals surface area (Å²) in [5.74, 6) is -23.5. The minimum absolute atomic E-state index is 0.251. The molecular weight excluding hydrogens is 492 g/mol. The molecule has 33 heavy (non-hydrogen) atoms. The van der Waals surface area contributed by atoms with E-state index in [1.54, 1.807) is 0 Å². The molecule has 2 atom stereocenters. The lowest BCUT2D eigenvalue weighted by Gasteiger charge is -2.30. The molecule has 0 fully saturated rings. The molecule has 0 aliphatic rings. The fourth-order valence-electron chi connectivity index (χ4n) is 2.34. The molecule has 0 saturated carbocycles. The second-order valence-electron chi connectivity index (χ2n) is 6.54. The van der Waals surface area contributed by atoms with Crippen molar-refractivity contribution >= 4 is 0 Å². The van der Waals surface area contributed by atoms with Crippen LogP contribution >= 0.6 is 0 Å². The van der Waals surface area contributed by atoms with Crippen molar-refractivity contribution in [3.63, 3.8) is 0 Å². The molecule has 0 saturated heterocycles. The number of benzene rings is 2. The summed E-state index contributed by atoms with van der Waals surface area (Å²) in [6.45, 7) is 0. The lowest BCUT2D eigenvalue weighted by atomic mass is 10.0. The first kappa shape index (κ1) is 26.6. The molecule has 0 aliphatic carbocycles. The van der Waals surface area contributed by atoms with Crippen LogP contribution in [0.2, 0.25) is 0 Å². The number of aliphatic hydroxyl groups is 2. The molecule has 0 spiro atoms. The van der Waals surface area contributed by atoms with Gasteiger partial charge in [0, 0.05) is 11.1 Å². The molecule has 3 nitrogen and oxygen atoms in total. The molecular formula is C18H10F12O3. The van der Waals surface area contributed by atoms with Gasteiger partial charge in [0.05, 0.1) is 0 Å². The molecule has 2 unspecified atom stereocenters. The topological polar surface area (TPSA) is 49.7 Å². The highest BCUT2D eigenvalue weighted by atomic mass is 19.4. The van der Waals surface area contributed by atoms with Crippen LogP contribution in [0.1, 0.15) is 11.1 Å². The molecule has 0 heterocycles. The number of ether oxygens (including phenoxy) is 1. The molecule has 0 aromatic heterocycles. The van der Waals surface area contributed by atoms with E-state index in [1.165, 1.54) is 0 Å². The van der Waals surface area contributed by atoms with Gasteiger partial charge in [0.25, 0.3) is 0 Å². The molecule has 0 bridgehead atoms. The predicted molar refractivity (Wildman–Crippen MR) is 85.0 cm³/mol. The summed E-state index contributed by atoms with van der Waals surface area (Å²) < 4.78 is 161. The van der Waals surface area contributed by atoms with Crippen LogP contribution in [0.15, 0.2) is 48.5 Å². The summed E-state index contributed by atoms with van der Waals surface area (Å²) in [7, 11) is 0. The quantitative estimate of drug-likeness (QED) is 0.470. The highest BCUT2D eigenvalue weighted by molar-refractivity contribution is 5.37. The van der Waals surface area contributed by atoms with Crippen LogP contribution in [0.25, 0.3) is 0 Å². The van der Waals surface area contributed by atoms with E-state index in [0.717, 1.165) is 0 Å². The maximum Gasteiger partial charge on any atom is 0.455 e. The van der Waals surface area contributed by atoms with Crippen LogP contribution in [0.5, 0.6) is 11.5 Å². The van der Waals surface area contributed by atoms with Crippen molar-refractivity contribution in [2.24, 2.45) is 0 Å². The van der Waals surface area contributed by atoms with Gasteiger partial charge in [-0.25, -0.2) is 0 Å². The monoisotopic (exact) mass is 502 g/mol. The normalized spacial score (nSPS) is 17.3. The summed E-state index contributed by atoms with van der Waals surface area (Å²) in [4.78, 5) is 0.